The maximum Gasteiger partial charge on any atom is 0.472 e. The standard InChI is InChI=1S/C47H86NO10P/c1-3-5-7-9-11-13-15-17-19-21-22-23-25-27-29-31-33-35-37-39-46(50)58-43(41-56-59(53,54)57-42-44(48)47(51)52)40-55-45(49)38-36-34-32-30-28-26-24-20-18-16-14-12-10-8-6-4-2/h11,13,17,19-20,24,43-44H,3-10,12,14-16,18,21-23,25-42,48H2,1-2H3,(H,51,52)(H,53,54)/b13-11-,19-17-,24-20-/t43-,44+/m1/s1. The van der Waals surface area contributed by atoms with Gasteiger partial charge < -0.3 is 25.2 Å². The molecule has 12 heteroatoms. The molecule has 0 aromatic carbocycles. The number of phosphoric ester groups is 1. The fourth-order valence-electron chi connectivity index (χ4n) is 6.38. The van der Waals surface area contributed by atoms with Crippen molar-refractivity contribution in [3.8, 4) is 0 Å². The fourth-order valence-corrected chi connectivity index (χ4v) is 7.16. The van der Waals surface area contributed by atoms with E-state index in [2.05, 4.69) is 54.8 Å². The lowest BCUT2D eigenvalue weighted by atomic mass is 10.1. The van der Waals surface area contributed by atoms with Crippen LogP contribution in [0.1, 0.15) is 213 Å². The monoisotopic (exact) mass is 856 g/mol. The molecule has 0 saturated heterocycles. The van der Waals surface area contributed by atoms with E-state index >= 15 is 0 Å². The minimum atomic E-state index is -4.72. The summed E-state index contributed by atoms with van der Waals surface area (Å²) in [5.74, 6) is -2.39. The Morgan fingerprint density at radius 3 is 1.37 bits per heavy atom. The molecule has 3 atom stereocenters. The molecule has 0 fully saturated rings. The molecule has 0 bridgehead atoms. The number of esters is 2. The average Bonchev–Trinajstić information content (AvgIpc) is 3.21. The summed E-state index contributed by atoms with van der Waals surface area (Å²) in [6.45, 7) is 2.78. The van der Waals surface area contributed by atoms with Crippen molar-refractivity contribution in [2.45, 2.75) is 225 Å². The quantitative estimate of drug-likeness (QED) is 0.0230. The molecule has 0 aromatic heterocycles. The van der Waals surface area contributed by atoms with Crippen molar-refractivity contribution < 1.29 is 47.5 Å². The molecule has 0 rings (SSSR count). The molecule has 11 nitrogen and oxygen atoms in total. The molecule has 0 amide bonds. The second-order valence-electron chi connectivity index (χ2n) is 15.9. The SMILES string of the molecule is CCCCC/C=C\C/C=C\CCCCCCCCCCCC(=O)O[C@H](COC(=O)CCCCCCC/C=C\CCCCCCCCC)COP(=O)(O)OC[C@H](N)C(=O)O. The summed E-state index contributed by atoms with van der Waals surface area (Å²) < 4.78 is 32.8. The molecule has 0 radical (unpaired) electrons. The first-order valence-electron chi connectivity index (χ1n) is 23.5. The number of carboxylic acid groups (broad SMARTS) is 1. The van der Waals surface area contributed by atoms with E-state index in [0.717, 1.165) is 70.6 Å². The first-order chi connectivity index (χ1) is 28.6. The Morgan fingerprint density at radius 2 is 0.898 bits per heavy atom. The lowest BCUT2D eigenvalue weighted by molar-refractivity contribution is -0.161. The number of phosphoric acid groups is 1. The summed E-state index contributed by atoms with van der Waals surface area (Å²) >= 11 is 0. The molecule has 0 aliphatic carbocycles. The number of unbranched alkanes of at least 4 members (excludes halogenated alkanes) is 24. The number of carbonyl (C=O) groups excluding carboxylic acids is 2. The second kappa shape index (κ2) is 42.4. The van der Waals surface area contributed by atoms with Gasteiger partial charge in [-0.05, 0) is 70.6 Å². The van der Waals surface area contributed by atoms with E-state index in [1.54, 1.807) is 0 Å². The summed E-state index contributed by atoms with van der Waals surface area (Å²) in [6.07, 6.45) is 46.3. The molecular weight excluding hydrogens is 769 g/mol. The zero-order valence-corrected chi connectivity index (χ0v) is 38.2. The van der Waals surface area contributed by atoms with E-state index in [9.17, 15) is 23.8 Å². The topological polar surface area (TPSA) is 172 Å². The normalized spacial score (nSPS) is 14.0. The third kappa shape index (κ3) is 42.2. The smallest absolute Gasteiger partial charge is 0.472 e. The Hall–Kier alpha value is -2.30. The summed E-state index contributed by atoms with van der Waals surface area (Å²) in [4.78, 5) is 46.1. The van der Waals surface area contributed by atoms with Gasteiger partial charge in [-0.15, -0.1) is 0 Å². The van der Waals surface area contributed by atoms with E-state index in [4.69, 9.17) is 24.8 Å². The number of carbonyl (C=O) groups is 3. The van der Waals surface area contributed by atoms with Gasteiger partial charge in [-0.25, -0.2) is 4.57 Å². The van der Waals surface area contributed by atoms with Gasteiger partial charge in [-0.2, -0.15) is 0 Å². The first kappa shape index (κ1) is 56.7. The number of rotatable bonds is 44. The van der Waals surface area contributed by atoms with Crippen molar-refractivity contribution in [2.24, 2.45) is 5.73 Å². The van der Waals surface area contributed by atoms with Gasteiger partial charge in [0, 0.05) is 12.8 Å². The van der Waals surface area contributed by atoms with Gasteiger partial charge in [0.05, 0.1) is 13.2 Å². The molecule has 344 valence electrons. The molecule has 0 saturated carbocycles. The van der Waals surface area contributed by atoms with Crippen molar-refractivity contribution in [1.82, 2.24) is 0 Å². The molecule has 4 N–H and O–H groups in total. The average molecular weight is 856 g/mol. The van der Waals surface area contributed by atoms with Gasteiger partial charge in [0.15, 0.2) is 6.10 Å². The van der Waals surface area contributed by atoms with E-state index in [1.807, 2.05) is 0 Å². The van der Waals surface area contributed by atoms with Crippen LogP contribution in [0.25, 0.3) is 0 Å². The molecule has 0 aliphatic rings. The Morgan fingerprint density at radius 1 is 0.525 bits per heavy atom. The van der Waals surface area contributed by atoms with Crippen LogP contribution in [0, 0.1) is 0 Å². The number of hydrogen-bond donors (Lipinski definition) is 3. The lowest BCUT2D eigenvalue weighted by Crippen LogP contribution is -2.34. The van der Waals surface area contributed by atoms with E-state index < -0.39 is 51.1 Å². The highest BCUT2D eigenvalue weighted by Crippen LogP contribution is 2.43. The third-order valence-corrected chi connectivity index (χ3v) is 11.1. The molecule has 1 unspecified atom stereocenters. The lowest BCUT2D eigenvalue weighted by Gasteiger charge is -2.20. The number of hydrogen-bond acceptors (Lipinski definition) is 9. The maximum atomic E-state index is 12.7. The minimum Gasteiger partial charge on any atom is -0.480 e. The van der Waals surface area contributed by atoms with E-state index in [1.165, 1.54) is 103 Å². The first-order valence-corrected chi connectivity index (χ1v) is 25.0. The van der Waals surface area contributed by atoms with Crippen LogP contribution in [0.2, 0.25) is 0 Å². The zero-order chi connectivity index (χ0) is 43.5. The Balaban J connectivity index is 4.32. The van der Waals surface area contributed by atoms with Gasteiger partial charge in [0.25, 0.3) is 0 Å². The van der Waals surface area contributed by atoms with Gasteiger partial charge in [0.2, 0.25) is 0 Å². The zero-order valence-electron chi connectivity index (χ0n) is 37.3. The largest absolute Gasteiger partial charge is 0.480 e. The van der Waals surface area contributed by atoms with Crippen LogP contribution in [0.4, 0.5) is 0 Å². The fraction of sp³-hybridized carbons (Fsp3) is 0.809. The van der Waals surface area contributed by atoms with Crippen molar-refractivity contribution in [1.29, 1.82) is 0 Å². The van der Waals surface area contributed by atoms with Gasteiger partial charge in [-0.1, -0.05) is 166 Å². The summed E-state index contributed by atoms with van der Waals surface area (Å²) in [5.41, 5.74) is 5.34. The Labute approximate surface area is 359 Å². The molecule has 59 heavy (non-hydrogen) atoms. The summed E-state index contributed by atoms with van der Waals surface area (Å²) in [6, 6.07) is -1.52. The van der Waals surface area contributed by atoms with E-state index in [-0.39, 0.29) is 19.4 Å². The Bertz CT molecular complexity index is 1140. The van der Waals surface area contributed by atoms with Crippen LogP contribution in [0.15, 0.2) is 36.5 Å². The number of nitrogens with two attached hydrogens (primary N) is 1. The highest BCUT2D eigenvalue weighted by Gasteiger charge is 2.28. The number of allylic oxidation sites excluding steroid dienone is 6. The summed E-state index contributed by atoms with van der Waals surface area (Å²) in [5, 5.41) is 8.90. The molecule has 0 heterocycles. The highest BCUT2D eigenvalue weighted by molar-refractivity contribution is 7.47. The summed E-state index contributed by atoms with van der Waals surface area (Å²) in [7, 11) is -4.72. The van der Waals surface area contributed by atoms with Crippen LogP contribution in [0.5, 0.6) is 0 Å². The van der Waals surface area contributed by atoms with Gasteiger partial charge in [-0.3, -0.25) is 23.4 Å². The second-order valence-corrected chi connectivity index (χ2v) is 17.3. The van der Waals surface area contributed by atoms with Gasteiger partial charge >= 0.3 is 25.7 Å². The number of ether oxygens (including phenoxy) is 2. The minimum absolute atomic E-state index is 0.155. The predicted octanol–water partition coefficient (Wildman–Crippen LogP) is 12.8. The molecule has 0 aromatic rings. The van der Waals surface area contributed by atoms with Gasteiger partial charge in [0.1, 0.15) is 12.6 Å². The van der Waals surface area contributed by atoms with Crippen LogP contribution in [-0.2, 0) is 37.5 Å². The molecule has 0 spiro atoms. The van der Waals surface area contributed by atoms with Crippen LogP contribution >= 0.6 is 7.82 Å². The third-order valence-electron chi connectivity index (χ3n) is 10.1. The van der Waals surface area contributed by atoms with Crippen LogP contribution in [-0.4, -0.2) is 59.9 Å². The van der Waals surface area contributed by atoms with E-state index in [0.29, 0.717) is 12.8 Å². The number of aliphatic carboxylic acids is 1. The van der Waals surface area contributed by atoms with Crippen molar-refractivity contribution in [3.63, 3.8) is 0 Å². The predicted molar refractivity (Wildman–Crippen MR) is 240 cm³/mol. The van der Waals surface area contributed by atoms with Crippen molar-refractivity contribution in [2.75, 3.05) is 19.8 Å². The van der Waals surface area contributed by atoms with Crippen LogP contribution in [0.3, 0.4) is 0 Å². The Kier molecular flexibility index (Phi) is 40.7. The molecule has 0 aliphatic heterocycles. The maximum absolute atomic E-state index is 12.7. The van der Waals surface area contributed by atoms with Crippen LogP contribution < -0.4 is 5.73 Å². The highest BCUT2D eigenvalue weighted by atomic mass is 31.2. The van der Waals surface area contributed by atoms with Crippen molar-refractivity contribution >= 4 is 25.7 Å². The molecular formula is C47H86NO10P. The van der Waals surface area contributed by atoms with Crippen molar-refractivity contribution in [3.05, 3.63) is 36.5 Å². The number of carboxylic acids is 1.